The number of nitrogens with zero attached hydrogens (tertiary/aromatic N) is 3. The number of carbonyl (C=O) groups is 1. The number of benzene rings is 1. The van der Waals surface area contributed by atoms with Crippen LogP contribution in [0.25, 0.3) is 11.4 Å². The van der Waals surface area contributed by atoms with Gasteiger partial charge in [0.2, 0.25) is 5.91 Å². The lowest BCUT2D eigenvalue weighted by Gasteiger charge is -2.21. The highest BCUT2D eigenvalue weighted by molar-refractivity contribution is 7.99. The molecule has 0 bridgehead atoms. The second-order valence-corrected chi connectivity index (χ2v) is 7.66. The zero-order valence-electron chi connectivity index (χ0n) is 13.9. The first kappa shape index (κ1) is 17.7. The molecule has 3 rings (SSSR count). The van der Waals surface area contributed by atoms with Crippen LogP contribution in [0.4, 0.5) is 0 Å². The van der Waals surface area contributed by atoms with Crippen molar-refractivity contribution in [2.75, 3.05) is 11.5 Å². The van der Waals surface area contributed by atoms with Crippen molar-refractivity contribution in [3.8, 4) is 17.5 Å². The van der Waals surface area contributed by atoms with Gasteiger partial charge in [0, 0.05) is 24.3 Å². The van der Waals surface area contributed by atoms with E-state index in [9.17, 15) is 10.1 Å². The molecule has 8 heteroatoms. The van der Waals surface area contributed by atoms with Gasteiger partial charge in [-0.3, -0.25) is 14.5 Å². The van der Waals surface area contributed by atoms with Gasteiger partial charge in [-0.25, -0.2) is 0 Å². The van der Waals surface area contributed by atoms with Gasteiger partial charge in [0.1, 0.15) is 5.54 Å². The third kappa shape index (κ3) is 3.94. The highest BCUT2D eigenvalue weighted by Crippen LogP contribution is 2.27. The van der Waals surface area contributed by atoms with E-state index < -0.39 is 5.54 Å². The van der Waals surface area contributed by atoms with Crippen LogP contribution in [0.1, 0.15) is 18.4 Å². The molecule has 1 aromatic heterocycles. The molecule has 1 unspecified atom stereocenters. The third-order valence-corrected chi connectivity index (χ3v) is 5.71. The number of carbonyl (C=O) groups excluding carboxylic acids is 1. The SMILES string of the molecule is Cc1cccc(-c2n[nH]c(=S)n2CCC(=O)NC2(C#N)CCSC2)c1. The number of aromatic nitrogens is 3. The van der Waals surface area contributed by atoms with Crippen molar-refractivity contribution in [1.82, 2.24) is 20.1 Å². The van der Waals surface area contributed by atoms with Crippen molar-refractivity contribution >= 4 is 29.9 Å². The molecule has 2 heterocycles. The van der Waals surface area contributed by atoms with Gasteiger partial charge in [0.15, 0.2) is 10.6 Å². The van der Waals surface area contributed by atoms with Gasteiger partial charge in [0.25, 0.3) is 0 Å². The minimum absolute atomic E-state index is 0.137. The lowest BCUT2D eigenvalue weighted by molar-refractivity contribution is -0.122. The highest BCUT2D eigenvalue weighted by Gasteiger charge is 2.35. The Hall–Kier alpha value is -2.11. The topological polar surface area (TPSA) is 86.5 Å². The number of hydrogen-bond acceptors (Lipinski definition) is 5. The number of rotatable bonds is 5. The van der Waals surface area contributed by atoms with Gasteiger partial charge in [-0.15, -0.1) is 0 Å². The summed E-state index contributed by atoms with van der Waals surface area (Å²) in [7, 11) is 0. The molecule has 0 radical (unpaired) electrons. The molecule has 2 aromatic rings. The first-order valence-electron chi connectivity index (χ1n) is 8.05. The smallest absolute Gasteiger partial charge is 0.223 e. The van der Waals surface area contributed by atoms with Crippen LogP contribution in [0.2, 0.25) is 0 Å². The van der Waals surface area contributed by atoms with Crippen LogP contribution in [0.5, 0.6) is 0 Å². The van der Waals surface area contributed by atoms with E-state index in [1.54, 1.807) is 11.8 Å². The largest absolute Gasteiger partial charge is 0.337 e. The van der Waals surface area contributed by atoms with Gasteiger partial charge in [-0.2, -0.15) is 22.1 Å². The maximum absolute atomic E-state index is 12.3. The maximum atomic E-state index is 12.3. The Morgan fingerprint density at radius 1 is 1.60 bits per heavy atom. The molecule has 6 nitrogen and oxygen atoms in total. The van der Waals surface area contributed by atoms with Crippen LogP contribution in [0.3, 0.4) is 0 Å². The Labute approximate surface area is 155 Å². The van der Waals surface area contributed by atoms with Gasteiger partial charge < -0.3 is 5.32 Å². The maximum Gasteiger partial charge on any atom is 0.223 e. The number of aromatic amines is 1. The lowest BCUT2D eigenvalue weighted by atomic mass is 10.0. The van der Waals surface area contributed by atoms with Crippen LogP contribution < -0.4 is 5.32 Å². The van der Waals surface area contributed by atoms with Crippen LogP contribution in [-0.2, 0) is 11.3 Å². The molecule has 0 saturated carbocycles. The Morgan fingerprint density at radius 2 is 2.44 bits per heavy atom. The summed E-state index contributed by atoms with van der Waals surface area (Å²) in [6.07, 6.45) is 0.945. The number of aryl methyl sites for hydroxylation is 1. The van der Waals surface area contributed by atoms with E-state index in [0.29, 0.717) is 29.3 Å². The first-order valence-corrected chi connectivity index (χ1v) is 9.61. The standard InChI is InChI=1S/C17H19N5OS2/c1-12-3-2-4-13(9-12)15-20-21-16(24)22(15)7-5-14(23)19-17(10-18)6-8-25-11-17/h2-4,9H,5-8,11H2,1H3,(H,19,23)(H,21,24). The van der Waals surface area contributed by atoms with Gasteiger partial charge in [-0.05, 0) is 37.4 Å². The average molecular weight is 374 g/mol. The number of nitriles is 1. The van der Waals surface area contributed by atoms with Gasteiger partial charge in [-0.1, -0.05) is 23.8 Å². The lowest BCUT2D eigenvalue weighted by Crippen LogP contribution is -2.47. The van der Waals surface area contributed by atoms with E-state index in [1.165, 1.54) is 0 Å². The predicted octanol–water partition coefficient (Wildman–Crippen LogP) is 2.82. The molecule has 1 aliphatic heterocycles. The van der Waals surface area contributed by atoms with Gasteiger partial charge in [0.05, 0.1) is 6.07 Å². The minimum Gasteiger partial charge on any atom is -0.337 e. The highest BCUT2D eigenvalue weighted by atomic mass is 32.2. The molecule has 0 aliphatic carbocycles. The molecule has 0 spiro atoms. The Morgan fingerprint density at radius 3 is 3.12 bits per heavy atom. The molecule has 1 amide bonds. The summed E-state index contributed by atoms with van der Waals surface area (Å²) in [4.78, 5) is 12.3. The fourth-order valence-electron chi connectivity index (χ4n) is 2.85. The predicted molar refractivity (Wildman–Crippen MR) is 101 cm³/mol. The summed E-state index contributed by atoms with van der Waals surface area (Å²) < 4.78 is 2.31. The van der Waals surface area contributed by atoms with Crippen LogP contribution in [-0.4, -0.2) is 37.7 Å². The van der Waals surface area contributed by atoms with E-state index in [1.807, 2.05) is 35.8 Å². The zero-order valence-corrected chi connectivity index (χ0v) is 15.5. The minimum atomic E-state index is -0.723. The van der Waals surface area contributed by atoms with Crippen molar-refractivity contribution in [1.29, 1.82) is 5.26 Å². The summed E-state index contributed by atoms with van der Waals surface area (Å²) in [5, 5.41) is 19.4. The average Bonchev–Trinajstić information content (AvgIpc) is 3.20. The molecule has 130 valence electrons. The second-order valence-electron chi connectivity index (χ2n) is 6.17. The monoisotopic (exact) mass is 373 g/mol. The van der Waals surface area contributed by atoms with Crippen molar-refractivity contribution in [2.45, 2.75) is 31.8 Å². The second kappa shape index (κ2) is 7.42. The van der Waals surface area contributed by atoms with Gasteiger partial charge >= 0.3 is 0 Å². The molecular formula is C17H19N5OS2. The van der Waals surface area contributed by atoms with Crippen molar-refractivity contribution in [3.63, 3.8) is 0 Å². The molecule has 1 atom stereocenters. The van der Waals surface area contributed by atoms with Crippen molar-refractivity contribution in [2.24, 2.45) is 0 Å². The summed E-state index contributed by atoms with van der Waals surface area (Å²) in [5.41, 5.74) is 1.36. The van der Waals surface area contributed by atoms with E-state index in [-0.39, 0.29) is 12.3 Å². The molecule has 1 saturated heterocycles. The summed E-state index contributed by atoms with van der Waals surface area (Å²) >= 11 is 7.00. The summed E-state index contributed by atoms with van der Waals surface area (Å²) in [5.74, 6) is 2.13. The molecule has 25 heavy (non-hydrogen) atoms. The zero-order chi connectivity index (χ0) is 17.9. The fraction of sp³-hybridized carbons (Fsp3) is 0.412. The van der Waals surface area contributed by atoms with Crippen molar-refractivity contribution in [3.05, 3.63) is 34.6 Å². The number of nitrogens with one attached hydrogen (secondary N) is 2. The Balaban J connectivity index is 1.72. The Kier molecular flexibility index (Phi) is 5.25. The summed E-state index contributed by atoms with van der Waals surface area (Å²) in [6.45, 7) is 2.43. The van der Waals surface area contributed by atoms with Crippen LogP contribution in [0.15, 0.2) is 24.3 Å². The first-order chi connectivity index (χ1) is 12.0. The number of amides is 1. The van der Waals surface area contributed by atoms with Crippen molar-refractivity contribution < 1.29 is 4.79 Å². The van der Waals surface area contributed by atoms with Crippen LogP contribution >= 0.6 is 24.0 Å². The van der Waals surface area contributed by atoms with E-state index >= 15 is 0 Å². The van der Waals surface area contributed by atoms with E-state index in [4.69, 9.17) is 12.2 Å². The van der Waals surface area contributed by atoms with E-state index in [0.717, 1.165) is 16.9 Å². The molecule has 1 aromatic carbocycles. The quantitative estimate of drug-likeness (QED) is 0.787. The fourth-order valence-corrected chi connectivity index (χ4v) is 4.34. The molecule has 1 fully saturated rings. The number of thioether (sulfide) groups is 1. The van der Waals surface area contributed by atoms with E-state index in [2.05, 4.69) is 21.6 Å². The van der Waals surface area contributed by atoms with Crippen LogP contribution in [0, 0.1) is 23.0 Å². The summed E-state index contributed by atoms with van der Waals surface area (Å²) in [6, 6.07) is 10.2. The molecule has 2 N–H and O–H groups in total. The molecule has 1 aliphatic rings. The number of H-pyrrole nitrogens is 1. The molecular weight excluding hydrogens is 354 g/mol. The third-order valence-electron chi connectivity index (χ3n) is 4.21. The Bertz CT molecular complexity index is 874. The number of hydrogen-bond donors (Lipinski definition) is 2. The normalized spacial score (nSPS) is 19.5.